The van der Waals surface area contributed by atoms with Crippen molar-refractivity contribution in [2.45, 2.75) is 25.3 Å². The largest absolute Gasteiger partial charge is 0.310 e. The summed E-state index contributed by atoms with van der Waals surface area (Å²) in [5.41, 5.74) is 2.01. The van der Waals surface area contributed by atoms with Gasteiger partial charge in [-0.15, -0.1) is 12.4 Å². The van der Waals surface area contributed by atoms with Gasteiger partial charge < -0.3 is 5.32 Å². The lowest BCUT2D eigenvalue weighted by molar-refractivity contribution is 0.412. The van der Waals surface area contributed by atoms with E-state index in [1.54, 1.807) is 0 Å². The van der Waals surface area contributed by atoms with E-state index in [0.29, 0.717) is 6.04 Å². The molecule has 0 unspecified atom stereocenters. The zero-order valence-electron chi connectivity index (χ0n) is 8.57. The molecule has 1 aliphatic heterocycles. The number of nitrogens with one attached hydrogen (secondary N) is 1. The van der Waals surface area contributed by atoms with Crippen LogP contribution in [0.4, 0.5) is 0 Å². The molecule has 80 valence electrons. The molecule has 1 N–H and O–H groups in total. The molecule has 3 heteroatoms. The second kappa shape index (κ2) is 5.75. The molecule has 0 aromatic heterocycles. The molecule has 1 heterocycles. The van der Waals surface area contributed by atoms with Gasteiger partial charge in [-0.25, -0.2) is 0 Å². The molecule has 1 aromatic carbocycles. The van der Waals surface area contributed by atoms with E-state index in [1.807, 2.05) is 18.2 Å². The lowest BCUT2D eigenvalue weighted by atomic mass is 9.96. The highest BCUT2D eigenvalue weighted by Gasteiger charge is 2.14. The smallest absolute Gasteiger partial charge is 0.0991 e. The van der Waals surface area contributed by atoms with Crippen molar-refractivity contribution in [2.75, 3.05) is 6.54 Å². The van der Waals surface area contributed by atoms with E-state index in [-0.39, 0.29) is 12.4 Å². The molecule has 0 saturated carbocycles. The number of benzene rings is 1. The summed E-state index contributed by atoms with van der Waals surface area (Å²) < 4.78 is 0. The van der Waals surface area contributed by atoms with Crippen molar-refractivity contribution in [2.24, 2.45) is 0 Å². The number of hydrogen-bond donors (Lipinski definition) is 1. The summed E-state index contributed by atoms with van der Waals surface area (Å²) in [6, 6.07) is 10.5. The molecule has 0 radical (unpaired) electrons. The van der Waals surface area contributed by atoms with Crippen LogP contribution < -0.4 is 5.32 Å². The number of nitriles is 1. The Morgan fingerprint density at radius 2 is 2.20 bits per heavy atom. The fourth-order valence-electron chi connectivity index (χ4n) is 1.96. The molecule has 0 bridgehead atoms. The predicted molar refractivity (Wildman–Crippen MR) is 63.0 cm³/mol. The molecule has 1 aromatic rings. The minimum Gasteiger partial charge on any atom is -0.310 e. The van der Waals surface area contributed by atoms with E-state index >= 15 is 0 Å². The molecule has 2 rings (SSSR count). The summed E-state index contributed by atoms with van der Waals surface area (Å²) >= 11 is 0. The first-order valence-corrected chi connectivity index (χ1v) is 5.13. The van der Waals surface area contributed by atoms with Crippen LogP contribution in [0.2, 0.25) is 0 Å². The van der Waals surface area contributed by atoms with E-state index in [4.69, 9.17) is 5.26 Å². The second-order valence-electron chi connectivity index (χ2n) is 3.74. The minimum atomic E-state index is 0. The Balaban J connectivity index is 0.00000112. The maximum atomic E-state index is 8.79. The standard InChI is InChI=1S/C12H14N2.ClH/c13-9-10-4-3-5-11(8-10)12-6-1-2-7-14-12;/h3-5,8,12,14H,1-2,6-7H2;1H/t12-;/m0./s1. The van der Waals surface area contributed by atoms with Crippen LogP contribution in [0.5, 0.6) is 0 Å². The summed E-state index contributed by atoms with van der Waals surface area (Å²) in [5.74, 6) is 0. The fraction of sp³-hybridized carbons (Fsp3) is 0.417. The summed E-state index contributed by atoms with van der Waals surface area (Å²) in [6.07, 6.45) is 3.75. The summed E-state index contributed by atoms with van der Waals surface area (Å²) in [7, 11) is 0. The zero-order chi connectivity index (χ0) is 9.80. The molecular formula is C12H15ClN2. The van der Waals surface area contributed by atoms with Crippen molar-refractivity contribution < 1.29 is 0 Å². The normalized spacial score (nSPS) is 20.1. The van der Waals surface area contributed by atoms with Gasteiger partial charge >= 0.3 is 0 Å². The van der Waals surface area contributed by atoms with Crippen LogP contribution in [0, 0.1) is 11.3 Å². The van der Waals surface area contributed by atoms with E-state index in [2.05, 4.69) is 17.5 Å². The van der Waals surface area contributed by atoms with Crippen LogP contribution >= 0.6 is 12.4 Å². The van der Waals surface area contributed by atoms with Crippen molar-refractivity contribution in [3.05, 3.63) is 35.4 Å². The van der Waals surface area contributed by atoms with Crippen molar-refractivity contribution in [1.29, 1.82) is 5.26 Å². The lowest BCUT2D eigenvalue weighted by Gasteiger charge is -2.23. The summed E-state index contributed by atoms with van der Waals surface area (Å²) in [5, 5.41) is 12.3. The minimum absolute atomic E-state index is 0. The third-order valence-electron chi connectivity index (χ3n) is 2.73. The topological polar surface area (TPSA) is 35.8 Å². The summed E-state index contributed by atoms with van der Waals surface area (Å²) in [4.78, 5) is 0. The predicted octanol–water partition coefficient (Wildman–Crippen LogP) is 2.79. The Labute approximate surface area is 96.7 Å². The molecule has 2 nitrogen and oxygen atoms in total. The number of hydrogen-bond acceptors (Lipinski definition) is 2. The molecule has 15 heavy (non-hydrogen) atoms. The molecule has 1 atom stereocenters. The molecule has 1 aliphatic rings. The number of nitrogens with zero attached hydrogens (tertiary/aromatic N) is 1. The average molecular weight is 223 g/mol. The fourth-order valence-corrected chi connectivity index (χ4v) is 1.96. The zero-order valence-corrected chi connectivity index (χ0v) is 9.39. The van der Waals surface area contributed by atoms with Crippen LogP contribution in [0.3, 0.4) is 0 Å². The van der Waals surface area contributed by atoms with Gasteiger partial charge in [0.15, 0.2) is 0 Å². The molecule has 0 amide bonds. The lowest BCUT2D eigenvalue weighted by Crippen LogP contribution is -2.26. The van der Waals surface area contributed by atoms with E-state index in [0.717, 1.165) is 12.1 Å². The van der Waals surface area contributed by atoms with Crippen LogP contribution in [0.1, 0.15) is 36.4 Å². The number of halogens is 1. The van der Waals surface area contributed by atoms with Crippen molar-refractivity contribution in [3.8, 4) is 6.07 Å². The Kier molecular flexibility index (Phi) is 4.61. The summed E-state index contributed by atoms with van der Waals surface area (Å²) in [6.45, 7) is 1.10. The van der Waals surface area contributed by atoms with Gasteiger partial charge in [-0.1, -0.05) is 18.6 Å². The molecule has 1 fully saturated rings. The van der Waals surface area contributed by atoms with Gasteiger partial charge in [0.05, 0.1) is 11.6 Å². The van der Waals surface area contributed by atoms with Gasteiger partial charge in [0.1, 0.15) is 0 Å². The van der Waals surface area contributed by atoms with Gasteiger partial charge in [0, 0.05) is 6.04 Å². The SMILES string of the molecule is Cl.N#Cc1cccc([C@@H]2CCCCN2)c1. The van der Waals surface area contributed by atoms with Gasteiger partial charge in [-0.3, -0.25) is 0 Å². The molecule has 0 spiro atoms. The Hall–Kier alpha value is -1.04. The average Bonchev–Trinajstić information content (AvgIpc) is 2.30. The van der Waals surface area contributed by atoms with Gasteiger partial charge in [0.25, 0.3) is 0 Å². The van der Waals surface area contributed by atoms with E-state index in [9.17, 15) is 0 Å². The highest BCUT2D eigenvalue weighted by molar-refractivity contribution is 5.85. The van der Waals surface area contributed by atoms with Crippen LogP contribution in [-0.2, 0) is 0 Å². The quantitative estimate of drug-likeness (QED) is 0.793. The number of rotatable bonds is 1. The molecular weight excluding hydrogens is 208 g/mol. The van der Waals surface area contributed by atoms with Gasteiger partial charge in [0.2, 0.25) is 0 Å². The molecule has 0 aliphatic carbocycles. The molecule has 1 saturated heterocycles. The highest BCUT2D eigenvalue weighted by Crippen LogP contribution is 2.23. The third kappa shape index (κ3) is 2.95. The maximum absolute atomic E-state index is 8.79. The van der Waals surface area contributed by atoms with E-state index < -0.39 is 0 Å². The van der Waals surface area contributed by atoms with Crippen molar-refractivity contribution in [3.63, 3.8) is 0 Å². The van der Waals surface area contributed by atoms with Crippen molar-refractivity contribution in [1.82, 2.24) is 5.32 Å². The first kappa shape index (κ1) is 12.0. The van der Waals surface area contributed by atoms with Crippen LogP contribution in [0.15, 0.2) is 24.3 Å². The second-order valence-corrected chi connectivity index (χ2v) is 3.74. The maximum Gasteiger partial charge on any atom is 0.0991 e. The highest BCUT2D eigenvalue weighted by atomic mass is 35.5. The monoisotopic (exact) mass is 222 g/mol. The van der Waals surface area contributed by atoms with Gasteiger partial charge in [-0.05, 0) is 37.1 Å². The number of piperidine rings is 1. The van der Waals surface area contributed by atoms with E-state index in [1.165, 1.54) is 24.8 Å². The Bertz CT molecular complexity index is 351. The van der Waals surface area contributed by atoms with Crippen LogP contribution in [-0.4, -0.2) is 6.54 Å². The van der Waals surface area contributed by atoms with Crippen LogP contribution in [0.25, 0.3) is 0 Å². The first-order valence-electron chi connectivity index (χ1n) is 5.13. The third-order valence-corrected chi connectivity index (χ3v) is 2.73. The van der Waals surface area contributed by atoms with Gasteiger partial charge in [-0.2, -0.15) is 5.26 Å². The van der Waals surface area contributed by atoms with Crippen molar-refractivity contribution >= 4 is 12.4 Å². The first-order chi connectivity index (χ1) is 6.90. The Morgan fingerprint density at radius 1 is 1.33 bits per heavy atom. The Morgan fingerprint density at radius 3 is 2.87 bits per heavy atom.